The molecule has 0 saturated carbocycles. The van der Waals surface area contributed by atoms with Crippen molar-refractivity contribution in [3.05, 3.63) is 84.9 Å². The number of hydrogen-bond acceptors (Lipinski definition) is 10. The Labute approximate surface area is 273 Å². The third kappa shape index (κ3) is 7.24. The third-order valence-corrected chi connectivity index (χ3v) is 8.68. The Hall–Kier alpha value is -3.49. The van der Waals surface area contributed by atoms with Crippen LogP contribution in [0.25, 0.3) is 21.5 Å². The maximum absolute atomic E-state index is 12.3. The van der Waals surface area contributed by atoms with Gasteiger partial charge in [0.25, 0.3) is 30.4 Å². The first-order chi connectivity index (χ1) is 19.6. The minimum atomic E-state index is -4.85. The van der Waals surface area contributed by atoms with Crippen LogP contribution in [0, 0.1) is 0 Å². The number of azo groups is 1. The maximum Gasteiger partial charge on any atom is 1.00 e. The van der Waals surface area contributed by atoms with Gasteiger partial charge < -0.3 is 16.6 Å². The van der Waals surface area contributed by atoms with Crippen molar-refractivity contribution in [2.75, 3.05) is 5.32 Å². The van der Waals surface area contributed by atoms with Gasteiger partial charge in [-0.25, -0.2) is 0 Å². The summed E-state index contributed by atoms with van der Waals surface area (Å²) < 4.78 is 101. The first-order valence-corrected chi connectivity index (χ1v) is 16.0. The van der Waals surface area contributed by atoms with Gasteiger partial charge >= 0.3 is 29.6 Å². The van der Waals surface area contributed by atoms with E-state index in [1.54, 1.807) is 30.3 Å². The molecule has 0 saturated heterocycles. The van der Waals surface area contributed by atoms with E-state index in [1.807, 2.05) is 0 Å². The van der Waals surface area contributed by atoms with E-state index in [2.05, 4.69) is 15.5 Å². The molecule has 0 radical (unpaired) electrons. The molecular formula is C26H23N4NaO10S3+2. The maximum atomic E-state index is 12.3. The Morgan fingerprint density at radius 1 is 0.614 bits per heavy atom. The Balaban J connectivity index is 0.00000264. The summed E-state index contributed by atoms with van der Waals surface area (Å²) in [6, 6.07) is 19.2. The van der Waals surface area contributed by atoms with Crippen molar-refractivity contribution in [1.82, 2.24) is 6.15 Å². The first kappa shape index (κ1) is 35.0. The van der Waals surface area contributed by atoms with Gasteiger partial charge in [-0.2, -0.15) is 25.3 Å². The second-order valence-electron chi connectivity index (χ2n) is 8.91. The molecule has 0 bridgehead atoms. The summed E-state index contributed by atoms with van der Waals surface area (Å²) in [7, 11) is -14.4. The van der Waals surface area contributed by atoms with E-state index in [4.69, 9.17) is 0 Å². The molecule has 224 valence electrons. The number of para-hydroxylation sites is 1. The Morgan fingerprint density at radius 3 is 1.80 bits per heavy atom. The minimum Gasteiger partial charge on any atom is -0.507 e. The van der Waals surface area contributed by atoms with Crippen LogP contribution in [0.15, 0.2) is 110 Å². The van der Waals surface area contributed by atoms with Crippen molar-refractivity contribution < 1.29 is 73.6 Å². The van der Waals surface area contributed by atoms with Crippen molar-refractivity contribution in [1.29, 1.82) is 0 Å². The number of nitrogens with one attached hydrogen (secondary N) is 1. The second-order valence-corrected chi connectivity index (χ2v) is 13.1. The SMILES string of the molecule is O=S(=O)(O)c1cc(O)c2c(N=Nc3ccc(Nc4ccccc4)c4c(S(=O)(=O)O)cccc34)cc(S(=O)(=O)O)cc2c1.[NH4+].[Na+]. The molecule has 0 heterocycles. The Morgan fingerprint density at radius 2 is 1.20 bits per heavy atom. The third-order valence-electron chi connectivity index (χ3n) is 6.13. The van der Waals surface area contributed by atoms with E-state index >= 15 is 0 Å². The van der Waals surface area contributed by atoms with Crippen molar-refractivity contribution in [2.45, 2.75) is 14.7 Å². The molecule has 9 N–H and O–H groups in total. The predicted molar refractivity (Wildman–Crippen MR) is 159 cm³/mol. The van der Waals surface area contributed by atoms with E-state index in [9.17, 15) is 44.0 Å². The van der Waals surface area contributed by atoms with Crippen molar-refractivity contribution >= 4 is 74.6 Å². The van der Waals surface area contributed by atoms with Crippen LogP contribution in [-0.4, -0.2) is 44.0 Å². The topological polar surface area (TPSA) is 257 Å². The number of benzene rings is 5. The standard InChI is InChI=1S/C26H19N3O10S3.H3N.Na/c30-23-14-18(41(34,35)36)12-15-11-17(40(31,32)33)13-22(25(15)23)29-28-20-9-10-21(27-16-5-2-1-3-6-16)26-19(20)7-4-8-24(26)42(37,38)39;;/h1-14,27,30H,(H,31,32,33)(H,34,35,36)(H,37,38,39);1H3;/q;;+1/p+1. The molecule has 14 nitrogen and oxygen atoms in total. The van der Waals surface area contributed by atoms with Gasteiger partial charge in [-0.15, -0.1) is 10.2 Å². The normalized spacial score (nSPS) is 12.2. The van der Waals surface area contributed by atoms with Crippen LogP contribution < -0.4 is 41.0 Å². The van der Waals surface area contributed by atoms with Gasteiger partial charge in [-0.05, 0) is 53.9 Å². The monoisotopic (exact) mass is 670 g/mol. The number of rotatable bonds is 7. The quantitative estimate of drug-likeness (QED) is 0.0833. The van der Waals surface area contributed by atoms with Gasteiger partial charge in [0.05, 0.1) is 26.6 Å². The summed E-state index contributed by atoms with van der Waals surface area (Å²) in [5.41, 5.74) is 0.669. The van der Waals surface area contributed by atoms with Crippen LogP contribution in [0.5, 0.6) is 5.75 Å². The number of fused-ring (bicyclic) bond motifs is 2. The molecule has 0 unspecified atom stereocenters. The molecule has 0 aliphatic rings. The summed E-state index contributed by atoms with van der Waals surface area (Å²) in [6.07, 6.45) is 0. The molecule has 0 spiro atoms. The van der Waals surface area contributed by atoms with Crippen LogP contribution in [0.4, 0.5) is 22.7 Å². The first-order valence-electron chi connectivity index (χ1n) is 11.7. The van der Waals surface area contributed by atoms with Gasteiger partial charge in [0.15, 0.2) is 0 Å². The van der Waals surface area contributed by atoms with E-state index in [-0.39, 0.29) is 68.6 Å². The van der Waals surface area contributed by atoms with E-state index < -0.39 is 50.8 Å². The van der Waals surface area contributed by atoms with Crippen LogP contribution in [0.2, 0.25) is 0 Å². The van der Waals surface area contributed by atoms with E-state index in [0.29, 0.717) is 11.4 Å². The molecule has 0 atom stereocenters. The number of quaternary nitrogens is 1. The molecule has 5 aromatic rings. The Bertz CT molecular complexity index is 2260. The number of nitrogens with zero attached hydrogens (tertiary/aromatic N) is 2. The zero-order chi connectivity index (χ0) is 30.4. The molecule has 5 rings (SSSR count). The van der Waals surface area contributed by atoms with Crippen molar-refractivity contribution in [3.8, 4) is 5.75 Å². The van der Waals surface area contributed by atoms with Gasteiger partial charge in [0.1, 0.15) is 10.6 Å². The van der Waals surface area contributed by atoms with Crippen LogP contribution >= 0.6 is 0 Å². The second kappa shape index (κ2) is 12.9. The Kier molecular flexibility index (Phi) is 10.2. The van der Waals surface area contributed by atoms with Gasteiger partial charge in [0.2, 0.25) is 0 Å². The number of aromatic hydroxyl groups is 1. The minimum absolute atomic E-state index is 0. The largest absolute Gasteiger partial charge is 1.00 e. The fraction of sp³-hybridized carbons (Fsp3) is 0. The summed E-state index contributed by atoms with van der Waals surface area (Å²) >= 11 is 0. The molecule has 0 amide bonds. The summed E-state index contributed by atoms with van der Waals surface area (Å²) in [5, 5.41) is 21.7. The molecule has 5 aromatic carbocycles. The van der Waals surface area contributed by atoms with E-state index in [1.165, 1.54) is 30.3 Å². The average molecular weight is 671 g/mol. The molecular weight excluding hydrogens is 647 g/mol. The summed E-state index contributed by atoms with van der Waals surface area (Å²) in [6.45, 7) is 0. The zero-order valence-corrected chi connectivity index (χ0v) is 27.4. The fourth-order valence-electron chi connectivity index (χ4n) is 4.34. The van der Waals surface area contributed by atoms with Gasteiger partial charge in [0, 0.05) is 28.2 Å². The smallest absolute Gasteiger partial charge is 0.507 e. The van der Waals surface area contributed by atoms with Gasteiger partial charge in [-0.3, -0.25) is 13.7 Å². The summed E-state index contributed by atoms with van der Waals surface area (Å²) in [4.78, 5) is -1.88. The molecule has 0 aliphatic carbocycles. The van der Waals surface area contributed by atoms with Crippen molar-refractivity contribution in [3.63, 3.8) is 0 Å². The van der Waals surface area contributed by atoms with Crippen LogP contribution in [0.1, 0.15) is 0 Å². The molecule has 0 fully saturated rings. The number of hydrogen-bond donors (Lipinski definition) is 6. The fourth-order valence-corrected chi connectivity index (χ4v) is 6.14. The van der Waals surface area contributed by atoms with Crippen molar-refractivity contribution in [2.24, 2.45) is 10.2 Å². The predicted octanol–water partition coefficient (Wildman–Crippen LogP) is 2.98. The van der Waals surface area contributed by atoms with Crippen LogP contribution in [-0.2, 0) is 30.4 Å². The number of phenols is 1. The molecule has 44 heavy (non-hydrogen) atoms. The van der Waals surface area contributed by atoms with E-state index in [0.717, 1.165) is 24.3 Å². The van der Waals surface area contributed by atoms with Gasteiger partial charge in [-0.1, -0.05) is 30.3 Å². The number of phenolic OH excluding ortho intramolecular Hbond substituents is 1. The zero-order valence-electron chi connectivity index (χ0n) is 22.9. The average Bonchev–Trinajstić information content (AvgIpc) is 2.90. The number of anilines is 2. The summed E-state index contributed by atoms with van der Waals surface area (Å²) in [5.74, 6) is -0.697. The van der Waals surface area contributed by atoms with Crippen LogP contribution in [0.3, 0.4) is 0 Å². The molecule has 0 aliphatic heterocycles. The molecule has 0 aromatic heterocycles. The molecule has 18 heteroatoms.